The second kappa shape index (κ2) is 9.20. The third kappa shape index (κ3) is 5.46. The van der Waals surface area contributed by atoms with Crippen molar-refractivity contribution in [2.45, 2.75) is 11.4 Å². The molecule has 1 aliphatic heterocycles. The average Bonchev–Trinajstić information content (AvgIpc) is 3.09. The van der Waals surface area contributed by atoms with E-state index in [2.05, 4.69) is 10.2 Å². The van der Waals surface area contributed by atoms with Gasteiger partial charge in [0.05, 0.1) is 11.9 Å². The number of carboxylic acid groups (broad SMARTS) is 1. The van der Waals surface area contributed by atoms with E-state index < -0.39 is 42.8 Å². The van der Waals surface area contributed by atoms with Crippen molar-refractivity contribution >= 4 is 23.6 Å². The Morgan fingerprint density at radius 3 is 2.85 bits per heavy atom. The number of carboxylic acids is 1. The van der Waals surface area contributed by atoms with Crippen molar-refractivity contribution in [3.8, 4) is 5.75 Å². The average molecular weight is 389 g/mol. The summed E-state index contributed by atoms with van der Waals surface area (Å²) in [7, 11) is 0. The van der Waals surface area contributed by atoms with Crippen LogP contribution in [0.15, 0.2) is 24.3 Å². The Bertz CT molecular complexity index is 678. The van der Waals surface area contributed by atoms with Gasteiger partial charge in [-0.2, -0.15) is 5.12 Å². The molecule has 1 aliphatic rings. The molecule has 1 aromatic carbocycles. The van der Waals surface area contributed by atoms with Gasteiger partial charge in [-0.25, -0.2) is 0 Å². The molecular formula is C14H16FN3O7S. The highest BCUT2D eigenvalue weighted by Gasteiger charge is 2.31. The summed E-state index contributed by atoms with van der Waals surface area (Å²) in [5.74, 6) is -1.30. The summed E-state index contributed by atoms with van der Waals surface area (Å²) < 4.78 is 18.9. The Hall–Kier alpha value is -2.60. The topological polar surface area (TPSA) is 131 Å². The Morgan fingerprint density at radius 1 is 1.46 bits per heavy atom. The van der Waals surface area contributed by atoms with Gasteiger partial charge < -0.3 is 14.7 Å². The largest absolute Gasteiger partial charge is 0.483 e. The van der Waals surface area contributed by atoms with Crippen molar-refractivity contribution in [1.29, 1.82) is 0 Å². The lowest BCUT2D eigenvalue weighted by Crippen LogP contribution is -2.34. The van der Waals surface area contributed by atoms with E-state index >= 15 is 0 Å². The first-order valence-electron chi connectivity index (χ1n) is 7.44. The van der Waals surface area contributed by atoms with E-state index in [0.29, 0.717) is 17.1 Å². The summed E-state index contributed by atoms with van der Waals surface area (Å²) in [5, 5.41) is 20.3. The monoisotopic (exact) mass is 389 g/mol. The Balaban J connectivity index is 1.91. The molecule has 1 saturated heterocycles. The minimum absolute atomic E-state index is 0.227. The van der Waals surface area contributed by atoms with E-state index in [0.717, 1.165) is 0 Å². The molecule has 12 heteroatoms. The van der Waals surface area contributed by atoms with E-state index in [1.165, 1.54) is 11.8 Å². The van der Waals surface area contributed by atoms with Crippen molar-refractivity contribution in [2.24, 2.45) is 0 Å². The van der Waals surface area contributed by atoms with Gasteiger partial charge in [-0.05, 0) is 6.07 Å². The number of nitrogens with zero attached hydrogens (tertiary/aromatic N) is 2. The fourth-order valence-corrected chi connectivity index (χ4v) is 3.41. The number of thioether (sulfide) groups is 1. The number of benzene rings is 1. The number of hydrogen-bond acceptors (Lipinski definition) is 8. The number of rotatable bonds is 9. The molecule has 1 amide bonds. The molecule has 10 nitrogen and oxygen atoms in total. The van der Waals surface area contributed by atoms with Gasteiger partial charge in [0.25, 0.3) is 11.0 Å². The maximum Gasteiger partial charge on any atom is 0.321 e. The standard InChI is InChI=1S/C14H16FN3O7S/c15-17(5-6-25-18(22)23)12(19)7-24-11-4-2-1-3-9(11)13-16-10(8-26-13)14(20)21/h1-4,10,13,16H,5-8H2,(H,20,21). The summed E-state index contributed by atoms with van der Waals surface area (Å²) in [6, 6.07) is 6.00. The molecular weight excluding hydrogens is 373 g/mol. The molecule has 2 unspecified atom stereocenters. The van der Waals surface area contributed by atoms with Crippen molar-refractivity contribution in [3.63, 3.8) is 0 Å². The van der Waals surface area contributed by atoms with E-state index in [1.54, 1.807) is 24.3 Å². The Kier molecular flexibility index (Phi) is 6.97. The van der Waals surface area contributed by atoms with Gasteiger partial charge in [0.2, 0.25) is 0 Å². The second-order valence-corrected chi connectivity index (χ2v) is 6.27. The van der Waals surface area contributed by atoms with Crippen LogP contribution in [-0.2, 0) is 14.4 Å². The molecule has 26 heavy (non-hydrogen) atoms. The van der Waals surface area contributed by atoms with Crippen molar-refractivity contribution in [1.82, 2.24) is 10.4 Å². The fraction of sp³-hybridized carbons (Fsp3) is 0.429. The predicted octanol–water partition coefficient (Wildman–Crippen LogP) is 0.775. The minimum atomic E-state index is -1.08. The lowest BCUT2D eigenvalue weighted by atomic mass is 10.2. The molecule has 1 heterocycles. The number of nitrogens with one attached hydrogen (secondary N) is 1. The lowest BCUT2D eigenvalue weighted by Gasteiger charge is -2.17. The first-order chi connectivity index (χ1) is 12.4. The van der Waals surface area contributed by atoms with Crippen LogP contribution >= 0.6 is 11.8 Å². The van der Waals surface area contributed by atoms with E-state index in [-0.39, 0.29) is 10.5 Å². The number of amides is 1. The van der Waals surface area contributed by atoms with E-state index in [9.17, 15) is 24.2 Å². The molecule has 142 valence electrons. The molecule has 0 saturated carbocycles. The van der Waals surface area contributed by atoms with Crippen LogP contribution < -0.4 is 10.1 Å². The first-order valence-corrected chi connectivity index (χ1v) is 8.49. The summed E-state index contributed by atoms with van der Waals surface area (Å²) in [6.07, 6.45) is 0. The highest BCUT2D eigenvalue weighted by molar-refractivity contribution is 7.99. The van der Waals surface area contributed by atoms with E-state index in [4.69, 9.17) is 9.84 Å². The maximum atomic E-state index is 13.5. The lowest BCUT2D eigenvalue weighted by molar-refractivity contribution is -0.757. The second-order valence-electron chi connectivity index (χ2n) is 5.13. The van der Waals surface area contributed by atoms with Crippen molar-refractivity contribution in [3.05, 3.63) is 39.9 Å². The van der Waals surface area contributed by atoms with Crippen LogP contribution in [0.4, 0.5) is 4.48 Å². The highest BCUT2D eigenvalue weighted by Crippen LogP contribution is 2.37. The number of aliphatic carboxylic acids is 1. The zero-order valence-electron chi connectivity index (χ0n) is 13.4. The predicted molar refractivity (Wildman–Crippen MR) is 87.5 cm³/mol. The summed E-state index contributed by atoms with van der Waals surface area (Å²) >= 11 is 1.38. The number of hydrogen-bond donors (Lipinski definition) is 2. The van der Waals surface area contributed by atoms with Gasteiger partial charge in [-0.1, -0.05) is 22.7 Å². The fourth-order valence-electron chi connectivity index (χ4n) is 2.15. The quantitative estimate of drug-likeness (QED) is 0.357. The summed E-state index contributed by atoms with van der Waals surface area (Å²) in [5.41, 5.74) is 0.635. The molecule has 2 atom stereocenters. The van der Waals surface area contributed by atoms with Crippen LogP contribution in [0.5, 0.6) is 5.75 Å². The van der Waals surface area contributed by atoms with Gasteiger partial charge in [0, 0.05) is 11.3 Å². The van der Waals surface area contributed by atoms with Gasteiger partial charge in [-0.15, -0.1) is 21.9 Å². The zero-order valence-corrected chi connectivity index (χ0v) is 14.2. The molecule has 0 radical (unpaired) electrons. The maximum absolute atomic E-state index is 13.5. The van der Waals surface area contributed by atoms with Crippen LogP contribution in [-0.4, -0.2) is 58.7 Å². The molecule has 2 rings (SSSR count). The molecule has 0 aliphatic carbocycles. The number of para-hydroxylation sites is 1. The molecule has 0 bridgehead atoms. The van der Waals surface area contributed by atoms with Crippen LogP contribution in [0, 0.1) is 10.1 Å². The number of carbonyl (C=O) groups is 2. The number of ether oxygens (including phenoxy) is 1. The minimum Gasteiger partial charge on any atom is -0.483 e. The van der Waals surface area contributed by atoms with Gasteiger partial charge in [-0.3, -0.25) is 14.9 Å². The summed E-state index contributed by atoms with van der Waals surface area (Å²) in [6.45, 7) is -1.82. The normalized spacial score (nSPS) is 19.0. The Labute approximate surface area is 151 Å². The summed E-state index contributed by atoms with van der Waals surface area (Å²) in [4.78, 5) is 36.6. The number of halogens is 1. The van der Waals surface area contributed by atoms with Gasteiger partial charge >= 0.3 is 5.97 Å². The molecule has 0 aromatic heterocycles. The molecule has 0 spiro atoms. The van der Waals surface area contributed by atoms with Crippen molar-refractivity contribution in [2.75, 3.05) is 25.5 Å². The third-order valence-electron chi connectivity index (χ3n) is 3.39. The first kappa shape index (κ1) is 19.7. The van der Waals surface area contributed by atoms with Crippen LogP contribution in [0.2, 0.25) is 0 Å². The molecule has 2 N–H and O–H groups in total. The van der Waals surface area contributed by atoms with Crippen LogP contribution in [0.1, 0.15) is 10.9 Å². The molecule has 1 fully saturated rings. The van der Waals surface area contributed by atoms with Gasteiger partial charge in [0.1, 0.15) is 18.4 Å². The smallest absolute Gasteiger partial charge is 0.321 e. The SMILES string of the molecule is O=C(O)C1CSC(c2ccccc2OCC(=O)N(F)CCO[N+](=O)[O-])N1. The third-order valence-corrected chi connectivity index (χ3v) is 4.64. The Morgan fingerprint density at radius 2 is 2.19 bits per heavy atom. The van der Waals surface area contributed by atoms with Gasteiger partial charge in [0.15, 0.2) is 6.61 Å². The van der Waals surface area contributed by atoms with E-state index in [1.807, 2.05) is 0 Å². The highest BCUT2D eigenvalue weighted by atomic mass is 32.2. The van der Waals surface area contributed by atoms with Crippen molar-refractivity contribution < 1.29 is 33.8 Å². The van der Waals surface area contributed by atoms with Crippen LogP contribution in [0.25, 0.3) is 0 Å². The number of carbonyl (C=O) groups excluding carboxylic acids is 1. The van der Waals surface area contributed by atoms with Crippen LogP contribution in [0.3, 0.4) is 0 Å². The zero-order chi connectivity index (χ0) is 19.1. The molecule has 1 aromatic rings.